The highest BCUT2D eigenvalue weighted by Crippen LogP contribution is 2.21. The molecule has 3 rings (SSSR count). The number of aromatic nitrogens is 2. The summed E-state index contributed by atoms with van der Waals surface area (Å²) in [7, 11) is 0. The van der Waals surface area contributed by atoms with Crippen molar-refractivity contribution in [2.24, 2.45) is 5.73 Å². The van der Waals surface area contributed by atoms with E-state index < -0.39 is 5.54 Å². The first-order valence-electron chi connectivity index (χ1n) is 8.62. The van der Waals surface area contributed by atoms with Crippen molar-refractivity contribution in [3.63, 3.8) is 0 Å². The Labute approximate surface area is 142 Å². The van der Waals surface area contributed by atoms with Crippen LogP contribution >= 0.6 is 0 Å². The lowest BCUT2D eigenvalue weighted by atomic mass is 9.90. The van der Waals surface area contributed by atoms with Gasteiger partial charge in [0.1, 0.15) is 5.82 Å². The molecule has 1 fully saturated rings. The van der Waals surface area contributed by atoms with Crippen molar-refractivity contribution in [1.82, 2.24) is 14.9 Å². The van der Waals surface area contributed by atoms with Crippen LogP contribution in [0.1, 0.15) is 38.6 Å². The third-order valence-electron chi connectivity index (χ3n) is 4.66. The maximum absolute atomic E-state index is 12.4. The zero-order valence-electron chi connectivity index (χ0n) is 14.4. The van der Waals surface area contributed by atoms with Gasteiger partial charge in [0.15, 0.2) is 0 Å². The van der Waals surface area contributed by atoms with Crippen molar-refractivity contribution < 1.29 is 9.53 Å². The summed E-state index contributed by atoms with van der Waals surface area (Å²) >= 11 is 0. The van der Waals surface area contributed by atoms with Crippen molar-refractivity contribution in [1.29, 1.82) is 0 Å². The molecule has 1 aromatic carbocycles. The number of ether oxygens (including phenoxy) is 1. The van der Waals surface area contributed by atoms with Crippen molar-refractivity contribution in [2.45, 2.75) is 44.7 Å². The summed E-state index contributed by atoms with van der Waals surface area (Å²) < 4.78 is 7.52. The van der Waals surface area contributed by atoms with Gasteiger partial charge in [-0.25, -0.2) is 4.98 Å². The van der Waals surface area contributed by atoms with Crippen LogP contribution in [0.2, 0.25) is 0 Å². The standard InChI is InChI=1S/C18H26N4O2/c1-13(2)22-15-6-4-3-5-14(15)21-16(22)7-10-20-17(23)18(19)8-11-24-12-9-18/h3-6,13H,7-12,19H2,1-2H3,(H,20,23). The van der Waals surface area contributed by atoms with Crippen LogP contribution in [-0.4, -0.2) is 40.8 Å². The first kappa shape index (κ1) is 16.9. The minimum absolute atomic E-state index is 0.0852. The molecule has 0 spiro atoms. The molecule has 6 nitrogen and oxygen atoms in total. The molecule has 1 saturated heterocycles. The number of fused-ring (bicyclic) bond motifs is 1. The highest BCUT2D eigenvalue weighted by atomic mass is 16.5. The van der Waals surface area contributed by atoms with E-state index in [1.54, 1.807) is 0 Å². The van der Waals surface area contributed by atoms with Crippen molar-refractivity contribution in [2.75, 3.05) is 19.8 Å². The monoisotopic (exact) mass is 330 g/mol. The predicted octanol–water partition coefficient (Wildman–Crippen LogP) is 1.78. The molecular weight excluding hydrogens is 304 g/mol. The van der Waals surface area contributed by atoms with Crippen LogP contribution in [0.3, 0.4) is 0 Å². The molecule has 1 aromatic heterocycles. The molecule has 0 atom stereocenters. The van der Waals surface area contributed by atoms with E-state index in [1.807, 2.05) is 18.2 Å². The summed E-state index contributed by atoms with van der Waals surface area (Å²) in [6, 6.07) is 8.45. The predicted molar refractivity (Wildman–Crippen MR) is 93.8 cm³/mol. The second-order valence-corrected chi connectivity index (χ2v) is 6.75. The second kappa shape index (κ2) is 6.91. The van der Waals surface area contributed by atoms with Gasteiger partial charge >= 0.3 is 0 Å². The van der Waals surface area contributed by atoms with E-state index in [2.05, 4.69) is 29.8 Å². The Hall–Kier alpha value is -1.92. The van der Waals surface area contributed by atoms with Gasteiger partial charge in [-0.05, 0) is 38.8 Å². The summed E-state index contributed by atoms with van der Waals surface area (Å²) in [5, 5.41) is 2.98. The topological polar surface area (TPSA) is 82.2 Å². The summed E-state index contributed by atoms with van der Waals surface area (Å²) in [5.74, 6) is 0.905. The highest BCUT2D eigenvalue weighted by molar-refractivity contribution is 5.86. The zero-order valence-corrected chi connectivity index (χ0v) is 14.4. The molecule has 0 radical (unpaired) electrons. The SMILES string of the molecule is CC(C)n1c(CCNC(=O)C2(N)CCOCC2)nc2ccccc21. The van der Waals surface area contributed by atoms with Crippen LogP contribution in [0, 0.1) is 0 Å². The molecule has 0 aliphatic carbocycles. The van der Waals surface area contributed by atoms with E-state index in [-0.39, 0.29) is 5.91 Å². The number of imidazole rings is 1. The number of carbonyl (C=O) groups is 1. The quantitative estimate of drug-likeness (QED) is 0.875. The van der Waals surface area contributed by atoms with Crippen molar-refractivity contribution in [3.05, 3.63) is 30.1 Å². The Balaban J connectivity index is 1.67. The smallest absolute Gasteiger partial charge is 0.240 e. The number of hydrogen-bond acceptors (Lipinski definition) is 4. The third-order valence-corrected chi connectivity index (χ3v) is 4.66. The Kier molecular flexibility index (Phi) is 4.87. The molecule has 1 aliphatic heterocycles. The van der Waals surface area contributed by atoms with Gasteiger partial charge in [-0.15, -0.1) is 0 Å². The number of benzene rings is 1. The number of nitrogens with zero attached hydrogens (tertiary/aromatic N) is 2. The van der Waals surface area contributed by atoms with E-state index in [0.717, 1.165) is 16.9 Å². The van der Waals surface area contributed by atoms with Gasteiger partial charge in [-0.2, -0.15) is 0 Å². The lowest BCUT2D eigenvalue weighted by Gasteiger charge is -2.31. The van der Waals surface area contributed by atoms with E-state index >= 15 is 0 Å². The normalized spacial score (nSPS) is 17.3. The van der Waals surface area contributed by atoms with Gasteiger partial charge < -0.3 is 20.4 Å². The molecule has 2 heterocycles. The Morgan fingerprint density at radius 3 is 2.79 bits per heavy atom. The van der Waals surface area contributed by atoms with E-state index in [1.165, 1.54) is 0 Å². The Morgan fingerprint density at radius 2 is 2.08 bits per heavy atom. The maximum atomic E-state index is 12.4. The fourth-order valence-corrected chi connectivity index (χ4v) is 3.27. The van der Waals surface area contributed by atoms with Crippen LogP contribution in [0.25, 0.3) is 11.0 Å². The Morgan fingerprint density at radius 1 is 1.38 bits per heavy atom. The molecule has 0 saturated carbocycles. The number of rotatable bonds is 5. The molecule has 1 amide bonds. The van der Waals surface area contributed by atoms with E-state index in [0.29, 0.717) is 45.1 Å². The van der Waals surface area contributed by atoms with Gasteiger partial charge in [-0.3, -0.25) is 4.79 Å². The fraction of sp³-hybridized carbons (Fsp3) is 0.556. The fourth-order valence-electron chi connectivity index (χ4n) is 3.27. The zero-order chi connectivity index (χ0) is 17.2. The van der Waals surface area contributed by atoms with Crippen LogP contribution < -0.4 is 11.1 Å². The van der Waals surface area contributed by atoms with E-state index in [9.17, 15) is 4.79 Å². The Bertz CT molecular complexity index is 717. The van der Waals surface area contributed by atoms with Gasteiger partial charge in [0.25, 0.3) is 0 Å². The molecule has 24 heavy (non-hydrogen) atoms. The largest absolute Gasteiger partial charge is 0.381 e. The van der Waals surface area contributed by atoms with Crippen molar-refractivity contribution in [3.8, 4) is 0 Å². The molecule has 3 N–H and O–H groups in total. The number of nitrogens with two attached hydrogens (primary N) is 1. The molecule has 6 heteroatoms. The lowest BCUT2D eigenvalue weighted by Crippen LogP contribution is -2.57. The van der Waals surface area contributed by atoms with Crippen LogP contribution in [0.4, 0.5) is 0 Å². The van der Waals surface area contributed by atoms with Crippen molar-refractivity contribution >= 4 is 16.9 Å². The molecular formula is C18H26N4O2. The van der Waals surface area contributed by atoms with Crippen LogP contribution in [-0.2, 0) is 16.0 Å². The summed E-state index contributed by atoms with van der Waals surface area (Å²) in [6.07, 6.45) is 1.83. The number of para-hydroxylation sites is 2. The molecule has 1 aliphatic rings. The molecule has 130 valence electrons. The second-order valence-electron chi connectivity index (χ2n) is 6.75. The highest BCUT2D eigenvalue weighted by Gasteiger charge is 2.35. The number of carbonyl (C=O) groups excluding carboxylic acids is 1. The van der Waals surface area contributed by atoms with Gasteiger partial charge in [0, 0.05) is 32.2 Å². The number of amides is 1. The average Bonchev–Trinajstić information content (AvgIpc) is 2.93. The van der Waals surface area contributed by atoms with Gasteiger partial charge in [-0.1, -0.05) is 12.1 Å². The van der Waals surface area contributed by atoms with Crippen LogP contribution in [0.5, 0.6) is 0 Å². The summed E-state index contributed by atoms with van der Waals surface area (Å²) in [4.78, 5) is 17.1. The number of hydrogen-bond donors (Lipinski definition) is 2. The van der Waals surface area contributed by atoms with Gasteiger partial charge in [0.05, 0.1) is 16.6 Å². The first-order valence-corrected chi connectivity index (χ1v) is 8.62. The third kappa shape index (κ3) is 3.30. The maximum Gasteiger partial charge on any atom is 0.240 e. The number of nitrogens with one attached hydrogen (secondary N) is 1. The molecule has 0 unspecified atom stereocenters. The minimum atomic E-state index is -0.795. The molecule has 0 bridgehead atoms. The minimum Gasteiger partial charge on any atom is -0.381 e. The van der Waals surface area contributed by atoms with E-state index in [4.69, 9.17) is 15.5 Å². The summed E-state index contributed by atoms with van der Waals surface area (Å²) in [5.41, 5.74) is 7.54. The summed E-state index contributed by atoms with van der Waals surface area (Å²) in [6.45, 7) is 5.93. The van der Waals surface area contributed by atoms with Crippen LogP contribution in [0.15, 0.2) is 24.3 Å². The first-order chi connectivity index (χ1) is 11.5. The molecule has 2 aromatic rings. The van der Waals surface area contributed by atoms with Gasteiger partial charge in [0.2, 0.25) is 5.91 Å². The lowest BCUT2D eigenvalue weighted by molar-refractivity contribution is -0.129. The average molecular weight is 330 g/mol.